The van der Waals surface area contributed by atoms with Gasteiger partial charge in [-0.25, -0.2) is 0 Å². The molecule has 0 aliphatic heterocycles. The summed E-state index contributed by atoms with van der Waals surface area (Å²) in [6.07, 6.45) is 0. The lowest BCUT2D eigenvalue weighted by Crippen LogP contribution is -1.99. The van der Waals surface area contributed by atoms with Crippen LogP contribution in [0.5, 0.6) is 0 Å². The second-order valence-corrected chi connectivity index (χ2v) is 4.76. The van der Waals surface area contributed by atoms with Gasteiger partial charge in [-0.2, -0.15) is 0 Å². The lowest BCUT2D eigenvalue weighted by atomic mass is 10.1. The first-order valence-corrected chi connectivity index (χ1v) is 6.42. The molecule has 0 N–H and O–H groups in total. The first kappa shape index (κ1) is 11.5. The molecule has 0 aromatic heterocycles. The molecule has 0 saturated carbocycles. The van der Waals surface area contributed by atoms with Crippen molar-refractivity contribution in [2.45, 2.75) is 0 Å². The van der Waals surface area contributed by atoms with Crippen LogP contribution in [-0.2, 0) is 4.57 Å². The zero-order chi connectivity index (χ0) is 12.1. The highest BCUT2D eigenvalue weighted by atomic mass is 31.1. The predicted molar refractivity (Wildman–Crippen MR) is 69.7 cm³/mol. The largest absolute Gasteiger partial charge is 0.315 e. The Morgan fingerprint density at radius 3 is 2.35 bits per heavy atom. The van der Waals surface area contributed by atoms with Crippen molar-refractivity contribution in [1.82, 2.24) is 0 Å². The molecule has 2 aromatic rings. The molecule has 4 nitrogen and oxygen atoms in total. The van der Waals surface area contributed by atoms with Crippen LogP contribution in [-0.4, -0.2) is 0 Å². The van der Waals surface area contributed by atoms with Crippen LogP contribution in [0, 0.1) is 0 Å². The van der Waals surface area contributed by atoms with Crippen LogP contribution < -0.4 is 5.30 Å². The average Bonchev–Trinajstić information content (AvgIpc) is 2.40. The molecular formula is C12H10N3OP. The van der Waals surface area contributed by atoms with Crippen LogP contribution >= 0.6 is 7.95 Å². The van der Waals surface area contributed by atoms with E-state index < -0.39 is 7.95 Å². The molecule has 0 spiro atoms. The molecule has 5 heteroatoms. The Labute approximate surface area is 99.4 Å². The molecule has 0 amide bonds. The Kier molecular flexibility index (Phi) is 3.61. The van der Waals surface area contributed by atoms with E-state index in [2.05, 4.69) is 9.80 Å². The lowest BCUT2D eigenvalue weighted by molar-refractivity contribution is 0.594. The van der Waals surface area contributed by atoms with E-state index in [1.807, 2.05) is 42.5 Å². The summed E-state index contributed by atoms with van der Waals surface area (Å²) in [5.41, 5.74) is 10.2. The Morgan fingerprint density at radius 2 is 1.65 bits per heavy atom. The third kappa shape index (κ3) is 2.56. The van der Waals surface area contributed by atoms with Crippen LogP contribution in [0.3, 0.4) is 0 Å². The van der Waals surface area contributed by atoms with Crippen molar-refractivity contribution in [2.75, 3.05) is 0 Å². The normalized spacial score (nSPS) is 11.5. The molecule has 0 saturated heterocycles. The topological polar surface area (TPSA) is 65.8 Å². The molecule has 1 atom stereocenters. The molecule has 0 heterocycles. The minimum atomic E-state index is -2.44. The van der Waals surface area contributed by atoms with Crippen molar-refractivity contribution >= 4 is 13.3 Å². The molecular weight excluding hydrogens is 233 g/mol. The van der Waals surface area contributed by atoms with Crippen molar-refractivity contribution < 1.29 is 4.57 Å². The van der Waals surface area contributed by atoms with Gasteiger partial charge in [0.2, 0.25) is 0 Å². The molecule has 1 unspecified atom stereocenters. The van der Waals surface area contributed by atoms with Crippen molar-refractivity contribution in [3.05, 3.63) is 65.0 Å². The quantitative estimate of drug-likeness (QED) is 0.350. The van der Waals surface area contributed by atoms with E-state index in [-0.39, 0.29) is 0 Å². The summed E-state index contributed by atoms with van der Waals surface area (Å²) >= 11 is 0. The fraction of sp³-hybridized carbons (Fsp3) is 0. The van der Waals surface area contributed by atoms with Gasteiger partial charge < -0.3 is 4.57 Å². The highest BCUT2D eigenvalue weighted by Gasteiger charge is 2.08. The van der Waals surface area contributed by atoms with Crippen molar-refractivity contribution in [3.8, 4) is 11.1 Å². The lowest BCUT2D eigenvalue weighted by Gasteiger charge is -2.06. The summed E-state index contributed by atoms with van der Waals surface area (Å²) in [6.45, 7) is 0. The number of rotatable bonds is 3. The van der Waals surface area contributed by atoms with E-state index in [0.717, 1.165) is 11.1 Å². The van der Waals surface area contributed by atoms with Gasteiger partial charge in [-0.15, -0.1) is 0 Å². The number of benzene rings is 2. The van der Waals surface area contributed by atoms with Gasteiger partial charge in [0.25, 0.3) is 0 Å². The zero-order valence-electron chi connectivity index (χ0n) is 8.95. The maximum atomic E-state index is 11.8. The average molecular weight is 243 g/mol. The van der Waals surface area contributed by atoms with Gasteiger partial charge in [0.05, 0.1) is 0 Å². The Morgan fingerprint density at radius 1 is 1.00 bits per heavy atom. The number of hydrogen-bond donors (Lipinski definition) is 0. The SMILES string of the molecule is [N-]=[N+]=N[PH](=O)c1ccccc1-c1ccccc1. The number of hydrogen-bond acceptors (Lipinski definition) is 1. The van der Waals surface area contributed by atoms with Gasteiger partial charge in [-0.1, -0.05) is 54.6 Å². The number of nitrogens with zero attached hydrogens (tertiary/aromatic N) is 3. The molecule has 84 valence electrons. The molecule has 0 aliphatic rings. The van der Waals surface area contributed by atoms with Gasteiger partial charge in [-0.3, -0.25) is 0 Å². The third-order valence-electron chi connectivity index (χ3n) is 2.38. The maximum Gasteiger partial charge on any atom is 0.190 e. The Hall–Kier alpha value is -2.02. The van der Waals surface area contributed by atoms with Gasteiger partial charge in [0.1, 0.15) is 0 Å². The van der Waals surface area contributed by atoms with Gasteiger partial charge >= 0.3 is 0 Å². The van der Waals surface area contributed by atoms with E-state index in [1.165, 1.54) is 0 Å². The number of azide groups is 1. The van der Waals surface area contributed by atoms with Gasteiger partial charge in [-0.05, 0) is 21.5 Å². The van der Waals surface area contributed by atoms with Crippen molar-refractivity contribution in [2.24, 2.45) is 4.88 Å². The zero-order valence-corrected chi connectivity index (χ0v) is 9.95. The molecule has 0 fully saturated rings. The van der Waals surface area contributed by atoms with E-state index in [1.54, 1.807) is 12.1 Å². The highest BCUT2D eigenvalue weighted by Crippen LogP contribution is 2.29. The van der Waals surface area contributed by atoms with Crippen LogP contribution in [0.25, 0.3) is 21.6 Å². The predicted octanol–water partition coefficient (Wildman–Crippen LogP) is 3.76. The molecule has 0 bridgehead atoms. The standard InChI is InChI=1S/C12H10N3OP/c13-14-15-17(16)12-9-5-4-8-11(12)10-6-2-1-3-7-10/h1-9,17H. The molecule has 2 aromatic carbocycles. The van der Waals surface area contributed by atoms with Crippen molar-refractivity contribution in [3.63, 3.8) is 0 Å². The van der Waals surface area contributed by atoms with E-state index in [0.29, 0.717) is 5.30 Å². The minimum Gasteiger partial charge on any atom is -0.315 e. The highest BCUT2D eigenvalue weighted by molar-refractivity contribution is 7.52. The van der Waals surface area contributed by atoms with Crippen LogP contribution in [0.4, 0.5) is 0 Å². The monoisotopic (exact) mass is 243 g/mol. The summed E-state index contributed by atoms with van der Waals surface area (Å²) < 4.78 is 11.8. The fourth-order valence-electron chi connectivity index (χ4n) is 1.63. The second kappa shape index (κ2) is 5.35. The maximum absolute atomic E-state index is 11.8. The van der Waals surface area contributed by atoms with E-state index in [4.69, 9.17) is 5.53 Å². The fourth-order valence-corrected chi connectivity index (χ4v) is 2.52. The Bertz CT molecular complexity index is 592. The van der Waals surface area contributed by atoms with Crippen LogP contribution in [0.1, 0.15) is 0 Å². The first-order valence-electron chi connectivity index (χ1n) is 5.07. The molecule has 0 aliphatic carbocycles. The van der Waals surface area contributed by atoms with E-state index >= 15 is 0 Å². The van der Waals surface area contributed by atoms with Gasteiger partial charge in [0.15, 0.2) is 7.95 Å². The van der Waals surface area contributed by atoms with Gasteiger partial charge in [0, 0.05) is 10.2 Å². The van der Waals surface area contributed by atoms with Crippen LogP contribution in [0.15, 0.2) is 59.5 Å². The first-order chi connectivity index (χ1) is 8.33. The third-order valence-corrected chi connectivity index (χ3v) is 3.55. The van der Waals surface area contributed by atoms with Crippen LogP contribution in [0.2, 0.25) is 0 Å². The summed E-state index contributed by atoms with van der Waals surface area (Å²) in [6, 6.07) is 16.9. The summed E-state index contributed by atoms with van der Waals surface area (Å²) in [5.74, 6) is 0. The smallest absolute Gasteiger partial charge is 0.190 e. The minimum absolute atomic E-state index is 0.599. The summed E-state index contributed by atoms with van der Waals surface area (Å²) in [4.78, 5) is 5.91. The second-order valence-electron chi connectivity index (χ2n) is 3.41. The molecule has 0 radical (unpaired) electrons. The summed E-state index contributed by atoms with van der Waals surface area (Å²) in [7, 11) is -2.44. The summed E-state index contributed by atoms with van der Waals surface area (Å²) in [5, 5.41) is 0.599. The van der Waals surface area contributed by atoms with E-state index in [9.17, 15) is 4.57 Å². The molecule has 2 rings (SSSR count). The van der Waals surface area contributed by atoms with Crippen molar-refractivity contribution in [1.29, 1.82) is 0 Å². The molecule has 17 heavy (non-hydrogen) atoms. The Balaban J connectivity index is 2.56.